The lowest BCUT2D eigenvalue weighted by molar-refractivity contribution is 0.340. The van der Waals surface area contributed by atoms with Crippen LogP contribution in [0.4, 0.5) is 6.01 Å². The SMILES string of the molecule is C1CC(c2noc(N3CCCC4(CC4)C3)n2)C1. The number of aromatic nitrogens is 2. The van der Waals surface area contributed by atoms with E-state index in [9.17, 15) is 0 Å². The summed E-state index contributed by atoms with van der Waals surface area (Å²) in [6, 6.07) is 0.776. The van der Waals surface area contributed by atoms with Gasteiger partial charge in [0.05, 0.1) is 0 Å². The highest BCUT2D eigenvalue weighted by molar-refractivity contribution is 5.29. The zero-order valence-corrected chi connectivity index (χ0v) is 10.2. The molecule has 1 aliphatic heterocycles. The van der Waals surface area contributed by atoms with Crippen molar-refractivity contribution in [1.82, 2.24) is 10.1 Å². The Morgan fingerprint density at radius 2 is 2.06 bits per heavy atom. The molecular formula is C13H19N3O. The predicted molar refractivity (Wildman–Crippen MR) is 64.0 cm³/mol. The zero-order valence-electron chi connectivity index (χ0n) is 10.2. The number of hydrogen-bond donors (Lipinski definition) is 0. The van der Waals surface area contributed by atoms with Crippen LogP contribution in [0.15, 0.2) is 4.52 Å². The van der Waals surface area contributed by atoms with Gasteiger partial charge in [-0.25, -0.2) is 0 Å². The van der Waals surface area contributed by atoms with Crippen LogP contribution in [-0.2, 0) is 0 Å². The van der Waals surface area contributed by atoms with Crippen LogP contribution in [0.2, 0.25) is 0 Å². The summed E-state index contributed by atoms with van der Waals surface area (Å²) in [5.74, 6) is 1.52. The third-order valence-corrected chi connectivity index (χ3v) is 4.79. The highest BCUT2D eigenvalue weighted by Crippen LogP contribution is 2.52. The number of hydrogen-bond acceptors (Lipinski definition) is 4. The molecule has 1 aromatic heterocycles. The van der Waals surface area contributed by atoms with Crippen molar-refractivity contribution in [3.05, 3.63) is 5.82 Å². The standard InChI is InChI=1S/C13H19N3O/c1-3-10(4-1)11-14-12(17-15-11)16-8-2-5-13(9-16)6-7-13/h10H,1-9H2. The van der Waals surface area contributed by atoms with Crippen molar-refractivity contribution in [3.8, 4) is 0 Å². The van der Waals surface area contributed by atoms with Crippen LogP contribution in [0.3, 0.4) is 0 Å². The van der Waals surface area contributed by atoms with Gasteiger partial charge in [0.1, 0.15) is 0 Å². The number of nitrogens with zero attached hydrogens (tertiary/aromatic N) is 3. The summed E-state index contributed by atoms with van der Waals surface area (Å²) in [5.41, 5.74) is 0.614. The second kappa shape index (κ2) is 3.47. The van der Waals surface area contributed by atoms with Gasteiger partial charge in [-0.1, -0.05) is 11.6 Å². The van der Waals surface area contributed by atoms with Crippen molar-refractivity contribution in [2.45, 2.75) is 50.9 Å². The van der Waals surface area contributed by atoms with E-state index < -0.39 is 0 Å². The summed E-state index contributed by atoms with van der Waals surface area (Å²) < 4.78 is 5.45. The minimum absolute atomic E-state index is 0.576. The van der Waals surface area contributed by atoms with E-state index in [4.69, 9.17) is 4.52 Å². The average molecular weight is 233 g/mol. The van der Waals surface area contributed by atoms with Crippen LogP contribution >= 0.6 is 0 Å². The van der Waals surface area contributed by atoms with Crippen molar-refractivity contribution in [3.63, 3.8) is 0 Å². The molecule has 1 spiro atoms. The fourth-order valence-corrected chi connectivity index (χ4v) is 3.14. The molecule has 0 atom stereocenters. The highest BCUT2D eigenvalue weighted by atomic mass is 16.5. The molecule has 0 bridgehead atoms. The zero-order chi connectivity index (χ0) is 11.3. The van der Waals surface area contributed by atoms with Gasteiger partial charge in [-0.2, -0.15) is 4.98 Å². The lowest BCUT2D eigenvalue weighted by atomic mass is 9.85. The first-order valence-corrected chi connectivity index (χ1v) is 6.93. The Labute approximate surface area is 101 Å². The molecule has 3 aliphatic rings. The third kappa shape index (κ3) is 1.65. The van der Waals surface area contributed by atoms with Crippen molar-refractivity contribution in [2.24, 2.45) is 5.41 Å². The maximum absolute atomic E-state index is 5.45. The second-order valence-electron chi connectivity index (χ2n) is 6.09. The van der Waals surface area contributed by atoms with E-state index in [-0.39, 0.29) is 0 Å². The molecule has 0 radical (unpaired) electrons. The normalized spacial score (nSPS) is 27.2. The lowest BCUT2D eigenvalue weighted by Crippen LogP contribution is -2.36. The quantitative estimate of drug-likeness (QED) is 0.787. The Bertz CT molecular complexity index is 420. The summed E-state index contributed by atoms with van der Waals surface area (Å²) >= 11 is 0. The van der Waals surface area contributed by atoms with Gasteiger partial charge < -0.3 is 9.42 Å². The topological polar surface area (TPSA) is 42.2 Å². The highest BCUT2D eigenvalue weighted by Gasteiger charge is 2.46. The van der Waals surface area contributed by atoms with Gasteiger partial charge >= 0.3 is 6.01 Å². The molecule has 0 N–H and O–H groups in total. The summed E-state index contributed by atoms with van der Waals surface area (Å²) in [4.78, 5) is 6.91. The summed E-state index contributed by atoms with van der Waals surface area (Å²) in [6.45, 7) is 2.23. The summed E-state index contributed by atoms with van der Waals surface area (Å²) in [6.07, 6.45) is 9.27. The molecule has 0 unspecified atom stereocenters. The number of anilines is 1. The van der Waals surface area contributed by atoms with E-state index in [0.717, 1.165) is 24.9 Å². The van der Waals surface area contributed by atoms with Gasteiger partial charge in [-0.3, -0.25) is 0 Å². The number of rotatable bonds is 2. The van der Waals surface area contributed by atoms with Gasteiger partial charge in [0.2, 0.25) is 0 Å². The molecule has 2 aliphatic carbocycles. The molecule has 92 valence electrons. The monoisotopic (exact) mass is 233 g/mol. The van der Waals surface area contributed by atoms with E-state index in [1.165, 1.54) is 44.9 Å². The van der Waals surface area contributed by atoms with E-state index in [0.29, 0.717) is 11.3 Å². The molecule has 0 aromatic carbocycles. The molecule has 4 rings (SSSR count). The fourth-order valence-electron chi connectivity index (χ4n) is 3.14. The van der Waals surface area contributed by atoms with E-state index in [1.807, 2.05) is 0 Å². The first-order chi connectivity index (χ1) is 8.35. The summed E-state index contributed by atoms with van der Waals surface area (Å²) in [5, 5.41) is 4.15. The van der Waals surface area contributed by atoms with Crippen LogP contribution in [0.1, 0.15) is 56.7 Å². The fraction of sp³-hybridized carbons (Fsp3) is 0.846. The molecule has 0 amide bonds. The van der Waals surface area contributed by atoms with Crippen molar-refractivity contribution in [2.75, 3.05) is 18.0 Å². The Hall–Kier alpha value is -1.06. The first kappa shape index (κ1) is 9.92. The Morgan fingerprint density at radius 1 is 1.18 bits per heavy atom. The first-order valence-electron chi connectivity index (χ1n) is 6.93. The van der Waals surface area contributed by atoms with Gasteiger partial charge in [-0.15, -0.1) is 0 Å². The van der Waals surface area contributed by atoms with Crippen LogP contribution in [0.25, 0.3) is 0 Å². The van der Waals surface area contributed by atoms with Crippen LogP contribution in [-0.4, -0.2) is 23.2 Å². The molecule has 3 fully saturated rings. The molecule has 1 aromatic rings. The third-order valence-electron chi connectivity index (χ3n) is 4.79. The van der Waals surface area contributed by atoms with Crippen molar-refractivity contribution >= 4 is 6.01 Å². The molecule has 2 saturated carbocycles. The Balaban J connectivity index is 1.51. The molecular weight excluding hydrogens is 214 g/mol. The minimum atomic E-state index is 0.576. The van der Waals surface area contributed by atoms with Crippen molar-refractivity contribution < 1.29 is 4.52 Å². The van der Waals surface area contributed by atoms with E-state index in [2.05, 4.69) is 15.0 Å². The number of piperidine rings is 1. The van der Waals surface area contributed by atoms with Crippen LogP contribution in [0, 0.1) is 5.41 Å². The predicted octanol–water partition coefficient (Wildman–Crippen LogP) is 2.72. The summed E-state index contributed by atoms with van der Waals surface area (Å²) in [7, 11) is 0. The molecule has 4 nitrogen and oxygen atoms in total. The van der Waals surface area contributed by atoms with Gasteiger partial charge in [-0.05, 0) is 43.9 Å². The molecule has 2 heterocycles. The van der Waals surface area contributed by atoms with Gasteiger partial charge in [0.15, 0.2) is 5.82 Å². The van der Waals surface area contributed by atoms with Crippen LogP contribution < -0.4 is 4.90 Å². The Morgan fingerprint density at radius 3 is 2.76 bits per heavy atom. The van der Waals surface area contributed by atoms with Crippen LogP contribution in [0.5, 0.6) is 0 Å². The second-order valence-corrected chi connectivity index (χ2v) is 6.09. The van der Waals surface area contributed by atoms with E-state index in [1.54, 1.807) is 0 Å². The lowest BCUT2D eigenvalue weighted by Gasteiger charge is -2.31. The van der Waals surface area contributed by atoms with Crippen molar-refractivity contribution in [1.29, 1.82) is 0 Å². The van der Waals surface area contributed by atoms with Gasteiger partial charge in [0, 0.05) is 19.0 Å². The van der Waals surface area contributed by atoms with Gasteiger partial charge in [0.25, 0.3) is 0 Å². The largest absolute Gasteiger partial charge is 0.324 e. The molecule has 1 saturated heterocycles. The Kier molecular flexibility index (Phi) is 2.02. The molecule has 17 heavy (non-hydrogen) atoms. The van der Waals surface area contributed by atoms with E-state index >= 15 is 0 Å². The molecule has 4 heteroatoms. The maximum atomic E-state index is 5.45. The minimum Gasteiger partial charge on any atom is -0.324 e. The maximum Gasteiger partial charge on any atom is 0.324 e. The smallest absolute Gasteiger partial charge is 0.324 e. The average Bonchev–Trinajstić information content (AvgIpc) is 2.84.